The van der Waals surface area contributed by atoms with Crippen LogP contribution in [-0.2, 0) is 17.6 Å². The van der Waals surface area contributed by atoms with Crippen LogP contribution in [0, 0.1) is 11.8 Å². The number of aryl methyl sites for hydroxylation is 1. The molecule has 1 saturated heterocycles. The maximum absolute atomic E-state index is 12.4. The van der Waals surface area contributed by atoms with E-state index in [1.807, 2.05) is 4.90 Å². The van der Waals surface area contributed by atoms with Gasteiger partial charge < -0.3 is 9.88 Å². The molecule has 2 heterocycles. The number of hydrogen-bond acceptors (Lipinski definition) is 4. The number of piperidine rings is 1. The Balaban J connectivity index is 1.62. The van der Waals surface area contributed by atoms with E-state index in [9.17, 15) is 9.59 Å². The van der Waals surface area contributed by atoms with Crippen molar-refractivity contribution in [1.82, 2.24) is 14.9 Å². The predicted molar refractivity (Wildman–Crippen MR) is 87.1 cm³/mol. The van der Waals surface area contributed by atoms with Gasteiger partial charge in [-0.2, -0.15) is 0 Å². The first kappa shape index (κ1) is 15.6. The highest BCUT2D eigenvalue weighted by Gasteiger charge is 2.25. The van der Waals surface area contributed by atoms with Gasteiger partial charge in [-0.25, -0.2) is 4.98 Å². The molecule has 1 aliphatic carbocycles. The van der Waals surface area contributed by atoms with Gasteiger partial charge in [0, 0.05) is 18.7 Å². The number of amides is 1. The van der Waals surface area contributed by atoms with E-state index in [4.69, 9.17) is 0 Å². The average Bonchev–Trinajstić information content (AvgIpc) is 2.92. The quantitative estimate of drug-likeness (QED) is 0.681. The van der Waals surface area contributed by atoms with Gasteiger partial charge >= 0.3 is 0 Å². The Labute approximate surface area is 134 Å². The number of fused-ring (bicyclic) bond motifs is 1. The Morgan fingerprint density at radius 3 is 2.77 bits per heavy atom. The van der Waals surface area contributed by atoms with E-state index in [1.165, 1.54) is 18.2 Å². The van der Waals surface area contributed by atoms with E-state index in [0.717, 1.165) is 43.6 Å². The third-order valence-electron chi connectivity index (χ3n) is 4.47. The van der Waals surface area contributed by atoms with Crippen LogP contribution < -0.4 is 5.56 Å². The Hall–Kier alpha value is -1.30. The first-order chi connectivity index (χ1) is 10.5. The maximum atomic E-state index is 12.4. The lowest BCUT2D eigenvalue weighted by molar-refractivity contribution is -0.130. The van der Waals surface area contributed by atoms with Crippen molar-refractivity contribution in [2.75, 3.05) is 18.8 Å². The topological polar surface area (TPSA) is 66.1 Å². The predicted octanol–water partition coefficient (Wildman–Crippen LogP) is 1.86. The summed E-state index contributed by atoms with van der Waals surface area (Å²) in [7, 11) is 0. The van der Waals surface area contributed by atoms with Gasteiger partial charge in [0.05, 0.1) is 11.4 Å². The van der Waals surface area contributed by atoms with Crippen LogP contribution >= 0.6 is 11.8 Å². The van der Waals surface area contributed by atoms with Gasteiger partial charge in [0.25, 0.3) is 5.56 Å². The fourth-order valence-corrected chi connectivity index (χ4v) is 4.36. The van der Waals surface area contributed by atoms with Crippen LogP contribution in [0.3, 0.4) is 0 Å². The molecule has 120 valence electrons. The zero-order chi connectivity index (χ0) is 15.7. The van der Waals surface area contributed by atoms with E-state index in [0.29, 0.717) is 22.7 Å². The number of thioether (sulfide) groups is 1. The van der Waals surface area contributed by atoms with Gasteiger partial charge in [-0.15, -0.1) is 0 Å². The second-order valence-electron chi connectivity index (χ2n) is 6.68. The van der Waals surface area contributed by atoms with Crippen LogP contribution in [-0.4, -0.2) is 39.6 Å². The number of carbonyl (C=O) groups excluding carboxylic acids is 1. The number of aromatic amines is 1. The highest BCUT2D eigenvalue weighted by molar-refractivity contribution is 7.99. The van der Waals surface area contributed by atoms with Crippen molar-refractivity contribution >= 4 is 17.7 Å². The maximum Gasteiger partial charge on any atom is 0.254 e. The molecule has 2 atom stereocenters. The molecular weight excluding hydrogens is 298 g/mol. The van der Waals surface area contributed by atoms with Gasteiger partial charge in [-0.3, -0.25) is 9.59 Å². The summed E-state index contributed by atoms with van der Waals surface area (Å²) in [6.45, 7) is 6.08. The van der Waals surface area contributed by atoms with Gasteiger partial charge in [-0.1, -0.05) is 25.6 Å². The normalized spacial score (nSPS) is 24.4. The summed E-state index contributed by atoms with van der Waals surface area (Å²) in [5, 5.41) is 0.581. The summed E-state index contributed by atoms with van der Waals surface area (Å²) < 4.78 is 0. The van der Waals surface area contributed by atoms with Crippen molar-refractivity contribution in [2.45, 2.75) is 44.7 Å². The van der Waals surface area contributed by atoms with Crippen molar-refractivity contribution < 1.29 is 4.79 Å². The fraction of sp³-hybridized carbons (Fsp3) is 0.688. The summed E-state index contributed by atoms with van der Waals surface area (Å²) in [5.74, 6) is 1.62. The SMILES string of the molecule is CC1CC(C)CN(C(=O)CSc2nc3c(c(=O)[nH]2)CCC3)C1. The smallest absolute Gasteiger partial charge is 0.254 e. The second kappa shape index (κ2) is 6.44. The minimum Gasteiger partial charge on any atom is -0.341 e. The molecule has 1 N–H and O–H groups in total. The highest BCUT2D eigenvalue weighted by Crippen LogP contribution is 2.23. The lowest BCUT2D eigenvalue weighted by atomic mass is 9.92. The number of rotatable bonds is 3. The highest BCUT2D eigenvalue weighted by atomic mass is 32.2. The molecule has 3 rings (SSSR count). The molecule has 2 unspecified atom stereocenters. The van der Waals surface area contributed by atoms with Crippen molar-refractivity contribution in [3.05, 3.63) is 21.6 Å². The molecule has 0 bridgehead atoms. The van der Waals surface area contributed by atoms with Gasteiger partial charge in [-0.05, 0) is 37.5 Å². The summed E-state index contributed by atoms with van der Waals surface area (Å²) in [6, 6.07) is 0. The standard InChI is InChI=1S/C16H23N3O2S/c1-10-6-11(2)8-19(7-10)14(20)9-22-16-17-13-5-3-4-12(13)15(21)18-16/h10-11H,3-9H2,1-2H3,(H,17,18,21). The minimum absolute atomic E-state index is 0.0299. The Kier molecular flexibility index (Phi) is 4.57. The van der Waals surface area contributed by atoms with Gasteiger partial charge in [0.1, 0.15) is 0 Å². The van der Waals surface area contributed by atoms with Crippen LogP contribution in [0.1, 0.15) is 37.9 Å². The Morgan fingerprint density at radius 2 is 2.05 bits per heavy atom. The Morgan fingerprint density at radius 1 is 1.32 bits per heavy atom. The zero-order valence-corrected chi connectivity index (χ0v) is 14.0. The van der Waals surface area contributed by atoms with E-state index in [-0.39, 0.29) is 11.5 Å². The molecular formula is C16H23N3O2S. The number of nitrogens with zero attached hydrogens (tertiary/aromatic N) is 2. The Bertz CT molecular complexity index is 618. The van der Waals surface area contributed by atoms with Gasteiger partial charge in [0.2, 0.25) is 5.91 Å². The largest absolute Gasteiger partial charge is 0.341 e. The third kappa shape index (κ3) is 3.37. The summed E-state index contributed by atoms with van der Waals surface area (Å²) >= 11 is 1.35. The number of aromatic nitrogens is 2. The van der Waals surface area contributed by atoms with Crippen LogP contribution in [0.25, 0.3) is 0 Å². The molecule has 22 heavy (non-hydrogen) atoms. The monoisotopic (exact) mass is 321 g/mol. The molecule has 1 aromatic heterocycles. The molecule has 6 heteroatoms. The number of hydrogen-bond donors (Lipinski definition) is 1. The molecule has 1 amide bonds. The third-order valence-corrected chi connectivity index (χ3v) is 5.33. The number of nitrogens with one attached hydrogen (secondary N) is 1. The lowest BCUT2D eigenvalue weighted by Crippen LogP contribution is -2.43. The summed E-state index contributed by atoms with van der Waals surface area (Å²) in [6.07, 6.45) is 3.89. The molecule has 0 aromatic carbocycles. The van der Waals surface area contributed by atoms with E-state index >= 15 is 0 Å². The molecule has 5 nitrogen and oxygen atoms in total. The van der Waals surface area contributed by atoms with Crippen molar-refractivity contribution in [1.29, 1.82) is 0 Å². The first-order valence-electron chi connectivity index (χ1n) is 8.05. The van der Waals surface area contributed by atoms with Crippen LogP contribution in [0.4, 0.5) is 0 Å². The minimum atomic E-state index is -0.0299. The lowest BCUT2D eigenvalue weighted by Gasteiger charge is -2.34. The number of carbonyl (C=O) groups is 1. The summed E-state index contributed by atoms with van der Waals surface area (Å²) in [4.78, 5) is 33.6. The number of likely N-dealkylation sites (tertiary alicyclic amines) is 1. The molecule has 2 aliphatic rings. The molecule has 0 spiro atoms. The van der Waals surface area contributed by atoms with Crippen molar-refractivity contribution in [3.8, 4) is 0 Å². The van der Waals surface area contributed by atoms with E-state index < -0.39 is 0 Å². The zero-order valence-electron chi connectivity index (χ0n) is 13.2. The molecule has 1 aliphatic heterocycles. The first-order valence-corrected chi connectivity index (χ1v) is 9.04. The molecule has 1 aromatic rings. The molecule has 1 fully saturated rings. The number of H-pyrrole nitrogens is 1. The van der Waals surface area contributed by atoms with Crippen LogP contribution in [0.15, 0.2) is 9.95 Å². The second-order valence-corrected chi connectivity index (χ2v) is 7.65. The van der Waals surface area contributed by atoms with E-state index in [2.05, 4.69) is 23.8 Å². The average molecular weight is 321 g/mol. The van der Waals surface area contributed by atoms with Crippen LogP contribution in [0.5, 0.6) is 0 Å². The van der Waals surface area contributed by atoms with Crippen molar-refractivity contribution in [3.63, 3.8) is 0 Å². The molecule has 0 saturated carbocycles. The fourth-order valence-electron chi connectivity index (χ4n) is 3.58. The summed E-state index contributed by atoms with van der Waals surface area (Å²) in [5.41, 5.74) is 1.71. The van der Waals surface area contributed by atoms with Crippen LogP contribution in [0.2, 0.25) is 0 Å². The van der Waals surface area contributed by atoms with Gasteiger partial charge in [0.15, 0.2) is 5.16 Å². The molecule has 0 radical (unpaired) electrons. The van der Waals surface area contributed by atoms with Crippen molar-refractivity contribution in [2.24, 2.45) is 11.8 Å². The van der Waals surface area contributed by atoms with E-state index in [1.54, 1.807) is 0 Å².